The number of sulfonamides is 1. The van der Waals surface area contributed by atoms with Crippen LogP contribution in [0.5, 0.6) is 5.75 Å². The van der Waals surface area contributed by atoms with Crippen molar-refractivity contribution in [2.75, 3.05) is 64.9 Å². The summed E-state index contributed by atoms with van der Waals surface area (Å²) in [6.07, 6.45) is 10.5. The number of aryl methyl sites for hydroxylation is 1. The number of rotatable bonds is 4. The Hall–Kier alpha value is -3.12. The molecule has 0 radical (unpaired) electrons. The maximum absolute atomic E-state index is 13.6. The van der Waals surface area contributed by atoms with Gasteiger partial charge in [-0.2, -0.15) is 0 Å². The second kappa shape index (κ2) is 14.6. The topological polar surface area (TPSA) is 108 Å². The van der Waals surface area contributed by atoms with Gasteiger partial charge in [-0.3, -0.25) is 14.5 Å². The second-order valence-corrected chi connectivity index (χ2v) is 18.5. The van der Waals surface area contributed by atoms with Crippen LogP contribution in [0.3, 0.4) is 0 Å². The number of hydrogen-bond donors (Lipinski definition) is 1. The number of ether oxygens (including phenoxy) is 2. The van der Waals surface area contributed by atoms with E-state index in [0.29, 0.717) is 38.4 Å². The minimum Gasteiger partial charge on any atom is -0.490 e. The Morgan fingerprint density at radius 3 is 2.67 bits per heavy atom. The zero-order valence-corrected chi connectivity index (χ0v) is 32.5. The molecule has 1 spiro atoms. The summed E-state index contributed by atoms with van der Waals surface area (Å²) in [6, 6.07) is 11.5. The lowest BCUT2D eigenvalue weighted by molar-refractivity contribution is -0.135. The SMILES string of the molecule is CO[C@@]1(CCN2CCN(C)C(=O)C2)/C=C/C[C@H](C)[C@@H](C)S(=O)(=O)NC(=O)c2ccc3c(c2)N(C[C@@H]2CC[C@H]21)C[C@@]1(CCCc2cc(Cl)ccc21)CO3. The van der Waals surface area contributed by atoms with Crippen molar-refractivity contribution in [2.24, 2.45) is 17.8 Å². The predicted octanol–water partition coefficient (Wildman–Crippen LogP) is 5.43. The maximum atomic E-state index is 13.6. The highest BCUT2D eigenvalue weighted by atomic mass is 35.5. The average molecular weight is 753 g/mol. The molecule has 1 saturated carbocycles. The third-order valence-corrected chi connectivity index (χ3v) is 15.1. The van der Waals surface area contributed by atoms with E-state index in [1.165, 1.54) is 11.1 Å². The third kappa shape index (κ3) is 7.10. The molecule has 3 aliphatic heterocycles. The zero-order chi connectivity index (χ0) is 36.8. The number of allylic oxidation sites excluding steroid dienone is 1. The fourth-order valence-corrected chi connectivity index (χ4v) is 10.8. The van der Waals surface area contributed by atoms with E-state index >= 15 is 0 Å². The van der Waals surface area contributed by atoms with Crippen molar-refractivity contribution < 1.29 is 27.5 Å². The van der Waals surface area contributed by atoms with Crippen LogP contribution in [-0.4, -0.2) is 101 Å². The summed E-state index contributed by atoms with van der Waals surface area (Å²) < 4.78 is 42.7. The van der Waals surface area contributed by atoms with Gasteiger partial charge in [-0.25, -0.2) is 13.1 Å². The highest BCUT2D eigenvalue weighted by molar-refractivity contribution is 7.90. The number of nitrogens with zero attached hydrogens (tertiary/aromatic N) is 3. The van der Waals surface area contributed by atoms with Gasteiger partial charge < -0.3 is 19.3 Å². The second-order valence-electron chi connectivity index (χ2n) is 16.0. The number of likely N-dealkylation sites (N-methyl/N-ethyl adjacent to an activating group) is 1. The number of nitrogens with one attached hydrogen (secondary N) is 1. The lowest BCUT2D eigenvalue weighted by Crippen LogP contribution is -2.55. The molecule has 2 aromatic rings. The maximum Gasteiger partial charge on any atom is 0.264 e. The van der Waals surface area contributed by atoms with E-state index in [2.05, 4.69) is 38.8 Å². The fraction of sp³-hybridized carbons (Fsp3) is 0.600. The van der Waals surface area contributed by atoms with Crippen molar-refractivity contribution in [2.45, 2.75) is 75.1 Å². The standard InChI is InChI=1S/C40H53ClN4O6S/c1-27-7-5-16-40(50-4,17-18-44-20-19-43(3)37(46)24-44)34-12-9-31(34)23-45-25-39(15-6-8-29-21-32(41)11-13-33(29)39)26-51-36-14-10-30(22-35(36)45)38(47)42-52(48,49)28(27)2/h5,10-11,13-14,16,21-22,27-28,31,34H,6-9,12,15,17-20,23-26H2,1-4H3,(H,42,47)/b16-5+/t27-,28+,31-,34+,39-,40+/m0/s1. The minimum atomic E-state index is -3.98. The molecule has 1 saturated heterocycles. The fourth-order valence-electron chi connectivity index (χ4n) is 9.27. The van der Waals surface area contributed by atoms with E-state index in [9.17, 15) is 18.0 Å². The van der Waals surface area contributed by atoms with Crippen LogP contribution in [-0.2, 0) is 31.4 Å². The first kappa shape index (κ1) is 37.2. The molecule has 2 amide bonds. The number of benzene rings is 2. The number of halogens is 1. The Balaban J connectivity index is 1.28. The van der Waals surface area contributed by atoms with Crippen molar-refractivity contribution in [1.82, 2.24) is 14.5 Å². The first-order valence-corrected chi connectivity index (χ1v) is 20.8. The minimum absolute atomic E-state index is 0.130. The monoisotopic (exact) mass is 752 g/mol. The molecule has 12 heteroatoms. The van der Waals surface area contributed by atoms with E-state index < -0.39 is 26.8 Å². The van der Waals surface area contributed by atoms with Gasteiger partial charge in [0.2, 0.25) is 15.9 Å². The average Bonchev–Trinajstić information content (AvgIpc) is 3.26. The van der Waals surface area contributed by atoms with Crippen molar-refractivity contribution in [3.8, 4) is 5.75 Å². The molecule has 7 rings (SSSR count). The predicted molar refractivity (Wildman–Crippen MR) is 204 cm³/mol. The summed E-state index contributed by atoms with van der Waals surface area (Å²) in [7, 11) is -0.331. The van der Waals surface area contributed by atoms with E-state index in [0.717, 1.165) is 68.9 Å². The van der Waals surface area contributed by atoms with Gasteiger partial charge in [0.25, 0.3) is 5.91 Å². The summed E-state index contributed by atoms with van der Waals surface area (Å²) in [5.74, 6) is 0.422. The number of hydrogen-bond acceptors (Lipinski definition) is 8. The van der Waals surface area contributed by atoms with Gasteiger partial charge in [-0.05, 0) is 111 Å². The third-order valence-electron chi connectivity index (χ3n) is 13.0. The largest absolute Gasteiger partial charge is 0.490 e. The molecular weight excluding hydrogens is 700 g/mol. The number of carbonyl (C=O) groups excluding carboxylic acids is 2. The first-order chi connectivity index (χ1) is 24.8. The first-order valence-electron chi connectivity index (χ1n) is 18.9. The van der Waals surface area contributed by atoms with Crippen molar-refractivity contribution in [3.63, 3.8) is 0 Å². The van der Waals surface area contributed by atoms with Crippen molar-refractivity contribution in [3.05, 3.63) is 70.3 Å². The smallest absolute Gasteiger partial charge is 0.264 e. The normalized spacial score (nSPS) is 32.9. The number of methoxy groups -OCH3 is 1. The molecule has 0 aromatic heterocycles. The van der Waals surface area contributed by atoms with Crippen LogP contribution in [0, 0.1) is 17.8 Å². The molecule has 2 aromatic carbocycles. The summed E-state index contributed by atoms with van der Waals surface area (Å²) in [6.45, 7) is 8.12. The lowest BCUT2D eigenvalue weighted by atomic mass is 9.63. The van der Waals surface area contributed by atoms with Gasteiger partial charge in [0.1, 0.15) is 5.75 Å². The summed E-state index contributed by atoms with van der Waals surface area (Å²) in [5, 5.41) is -0.0747. The van der Waals surface area contributed by atoms with Gasteiger partial charge in [0.05, 0.1) is 29.7 Å². The molecule has 282 valence electrons. The van der Waals surface area contributed by atoms with Crippen LogP contribution >= 0.6 is 11.6 Å². The summed E-state index contributed by atoms with van der Waals surface area (Å²) >= 11 is 6.48. The van der Waals surface area contributed by atoms with Gasteiger partial charge in [0.15, 0.2) is 0 Å². The van der Waals surface area contributed by atoms with Crippen molar-refractivity contribution >= 4 is 39.1 Å². The van der Waals surface area contributed by atoms with Crippen LogP contribution in [0.1, 0.15) is 73.9 Å². The van der Waals surface area contributed by atoms with Crippen LogP contribution in [0.4, 0.5) is 5.69 Å². The Labute approximate surface area is 313 Å². The van der Waals surface area contributed by atoms with Crippen LogP contribution in [0.15, 0.2) is 48.6 Å². The highest BCUT2D eigenvalue weighted by Gasteiger charge is 2.49. The molecule has 3 heterocycles. The van der Waals surface area contributed by atoms with E-state index in [-0.39, 0.29) is 34.6 Å². The molecular formula is C40H53ClN4O6S. The number of fused-ring (bicyclic) bond motifs is 4. The summed E-state index contributed by atoms with van der Waals surface area (Å²) in [4.78, 5) is 32.6. The van der Waals surface area contributed by atoms with Crippen LogP contribution in [0.25, 0.3) is 0 Å². The van der Waals surface area contributed by atoms with Gasteiger partial charge in [0, 0.05) is 62.9 Å². The molecule has 10 nitrogen and oxygen atoms in total. The molecule has 2 aliphatic carbocycles. The number of piperazine rings is 1. The molecule has 2 bridgehead atoms. The Kier molecular flexibility index (Phi) is 10.5. The van der Waals surface area contributed by atoms with Gasteiger partial charge in [-0.15, -0.1) is 0 Å². The number of carbonyl (C=O) groups is 2. The Morgan fingerprint density at radius 1 is 1.10 bits per heavy atom. The molecule has 1 N–H and O–H groups in total. The van der Waals surface area contributed by atoms with Gasteiger partial charge in [-0.1, -0.05) is 36.7 Å². The zero-order valence-electron chi connectivity index (χ0n) is 30.9. The van der Waals surface area contributed by atoms with E-state index in [1.54, 1.807) is 25.0 Å². The molecule has 52 heavy (non-hydrogen) atoms. The molecule has 2 fully saturated rings. The molecule has 0 unspecified atom stereocenters. The highest BCUT2D eigenvalue weighted by Crippen LogP contribution is 2.50. The van der Waals surface area contributed by atoms with Crippen molar-refractivity contribution in [1.29, 1.82) is 0 Å². The number of amides is 2. The van der Waals surface area contributed by atoms with Gasteiger partial charge >= 0.3 is 0 Å². The van der Waals surface area contributed by atoms with Crippen LogP contribution < -0.4 is 14.4 Å². The molecule has 6 atom stereocenters. The number of anilines is 1. The van der Waals surface area contributed by atoms with E-state index in [1.807, 2.05) is 32.2 Å². The summed E-state index contributed by atoms with van der Waals surface area (Å²) in [5.41, 5.74) is 2.71. The van der Waals surface area contributed by atoms with Crippen LogP contribution in [0.2, 0.25) is 5.02 Å². The quantitative estimate of drug-likeness (QED) is 0.412. The molecule has 5 aliphatic rings. The lowest BCUT2D eigenvalue weighted by Gasteiger charge is -2.51. The Morgan fingerprint density at radius 2 is 1.92 bits per heavy atom. The van der Waals surface area contributed by atoms with E-state index in [4.69, 9.17) is 21.1 Å². The Bertz CT molecular complexity index is 1840.